The molecule has 0 atom stereocenters. The lowest BCUT2D eigenvalue weighted by Gasteiger charge is -2.03. The average Bonchev–Trinajstić information content (AvgIpc) is 2.03. The zero-order valence-corrected chi connectivity index (χ0v) is 7.72. The van der Waals surface area contributed by atoms with Crippen LogP contribution in [0.2, 0.25) is 0 Å². The summed E-state index contributed by atoms with van der Waals surface area (Å²) in [5.74, 6) is -0.310. The Bertz CT molecular complexity index is 255. The highest BCUT2D eigenvalue weighted by Gasteiger charge is 1.98. The minimum absolute atomic E-state index is 0.310. The van der Waals surface area contributed by atoms with E-state index in [1.807, 2.05) is 6.92 Å². The zero-order valence-electron chi connectivity index (χ0n) is 7.72. The Hall–Kier alpha value is -1.09. The quantitative estimate of drug-likeness (QED) is 0.574. The number of rotatable bonds is 4. The zero-order chi connectivity index (χ0) is 9.68. The van der Waals surface area contributed by atoms with Gasteiger partial charge in [0.15, 0.2) is 0 Å². The van der Waals surface area contributed by atoms with Gasteiger partial charge in [-0.25, -0.2) is 4.39 Å². The lowest BCUT2D eigenvalue weighted by atomic mass is 10.2. The number of halogens is 1. The molecule has 13 heavy (non-hydrogen) atoms. The number of nitrogen functional groups attached to an aromatic ring is 1. The highest BCUT2D eigenvalue weighted by atomic mass is 19.1. The van der Waals surface area contributed by atoms with Crippen LogP contribution in [0.5, 0.6) is 0 Å². The Morgan fingerprint density at radius 3 is 2.77 bits per heavy atom. The molecule has 0 aromatic heterocycles. The lowest BCUT2D eigenvalue weighted by Crippen LogP contribution is -1.96. The molecule has 72 valence electrons. The minimum Gasteiger partial charge on any atom is -0.399 e. The number of anilines is 1. The predicted octanol–water partition coefficient (Wildman–Crippen LogP) is 2.33. The van der Waals surface area contributed by atoms with Crippen LogP contribution >= 0.6 is 0 Å². The van der Waals surface area contributed by atoms with Gasteiger partial charge in [-0.3, -0.25) is 0 Å². The molecule has 2 N–H and O–H groups in total. The van der Waals surface area contributed by atoms with Crippen LogP contribution in [-0.4, -0.2) is 6.61 Å². The molecule has 0 unspecified atom stereocenters. The van der Waals surface area contributed by atoms with E-state index in [0.717, 1.165) is 12.0 Å². The molecule has 0 fully saturated rings. The molecular formula is C10H14FNO. The SMILES string of the molecule is CCCOCc1cc(N)cc(F)c1. The summed E-state index contributed by atoms with van der Waals surface area (Å²) in [4.78, 5) is 0. The van der Waals surface area contributed by atoms with Gasteiger partial charge in [0.2, 0.25) is 0 Å². The maximum atomic E-state index is 12.8. The van der Waals surface area contributed by atoms with E-state index in [1.54, 1.807) is 6.07 Å². The third-order valence-corrected chi connectivity index (χ3v) is 1.60. The molecule has 0 radical (unpaired) electrons. The smallest absolute Gasteiger partial charge is 0.125 e. The minimum atomic E-state index is -0.310. The topological polar surface area (TPSA) is 35.2 Å². The molecule has 3 heteroatoms. The molecule has 1 aromatic carbocycles. The third-order valence-electron chi connectivity index (χ3n) is 1.60. The Labute approximate surface area is 77.5 Å². The molecule has 0 heterocycles. The molecule has 0 aliphatic rings. The van der Waals surface area contributed by atoms with Crippen LogP contribution in [0.25, 0.3) is 0 Å². The van der Waals surface area contributed by atoms with Crippen molar-refractivity contribution in [2.45, 2.75) is 20.0 Å². The largest absolute Gasteiger partial charge is 0.399 e. The van der Waals surface area contributed by atoms with E-state index in [1.165, 1.54) is 12.1 Å². The monoisotopic (exact) mass is 183 g/mol. The highest BCUT2D eigenvalue weighted by molar-refractivity contribution is 5.41. The van der Waals surface area contributed by atoms with Crippen molar-refractivity contribution in [1.82, 2.24) is 0 Å². The normalized spacial score (nSPS) is 10.3. The fraction of sp³-hybridized carbons (Fsp3) is 0.400. The summed E-state index contributed by atoms with van der Waals surface area (Å²) in [6.45, 7) is 3.14. The van der Waals surface area contributed by atoms with Gasteiger partial charge in [-0.1, -0.05) is 6.92 Å². The fourth-order valence-corrected chi connectivity index (χ4v) is 1.09. The van der Waals surface area contributed by atoms with Crippen LogP contribution in [0.4, 0.5) is 10.1 Å². The highest BCUT2D eigenvalue weighted by Crippen LogP contribution is 2.11. The maximum absolute atomic E-state index is 12.8. The lowest BCUT2D eigenvalue weighted by molar-refractivity contribution is 0.121. The Morgan fingerprint density at radius 2 is 2.15 bits per heavy atom. The average molecular weight is 183 g/mol. The number of hydrogen-bond acceptors (Lipinski definition) is 2. The van der Waals surface area contributed by atoms with E-state index in [-0.39, 0.29) is 5.82 Å². The van der Waals surface area contributed by atoms with Gasteiger partial charge in [0.1, 0.15) is 5.82 Å². The Kier molecular flexibility index (Phi) is 3.71. The first-order valence-electron chi connectivity index (χ1n) is 4.35. The van der Waals surface area contributed by atoms with E-state index in [9.17, 15) is 4.39 Å². The molecule has 2 nitrogen and oxygen atoms in total. The van der Waals surface area contributed by atoms with Crippen molar-refractivity contribution in [2.75, 3.05) is 12.3 Å². The van der Waals surface area contributed by atoms with Crippen LogP contribution in [0.15, 0.2) is 18.2 Å². The molecular weight excluding hydrogens is 169 g/mol. The van der Waals surface area contributed by atoms with Crippen molar-refractivity contribution in [3.8, 4) is 0 Å². The molecule has 0 aliphatic carbocycles. The fourth-order valence-electron chi connectivity index (χ4n) is 1.09. The van der Waals surface area contributed by atoms with Gasteiger partial charge in [0.05, 0.1) is 6.61 Å². The van der Waals surface area contributed by atoms with Gasteiger partial charge in [0.25, 0.3) is 0 Å². The second kappa shape index (κ2) is 4.82. The second-order valence-electron chi connectivity index (χ2n) is 2.95. The van der Waals surface area contributed by atoms with Gasteiger partial charge in [0, 0.05) is 12.3 Å². The summed E-state index contributed by atoms with van der Waals surface area (Å²) in [5.41, 5.74) is 6.69. The molecule has 1 aromatic rings. The van der Waals surface area contributed by atoms with Crippen LogP contribution in [0.1, 0.15) is 18.9 Å². The molecule has 0 saturated carbocycles. The van der Waals surface area contributed by atoms with E-state index < -0.39 is 0 Å². The van der Waals surface area contributed by atoms with Crippen LogP contribution in [0.3, 0.4) is 0 Å². The summed E-state index contributed by atoms with van der Waals surface area (Å²) >= 11 is 0. The Morgan fingerprint density at radius 1 is 1.38 bits per heavy atom. The number of benzene rings is 1. The molecule has 0 bridgehead atoms. The summed E-state index contributed by atoms with van der Waals surface area (Å²) in [6, 6.07) is 4.45. The van der Waals surface area contributed by atoms with Crippen LogP contribution in [0, 0.1) is 5.82 Å². The number of ether oxygens (including phenoxy) is 1. The van der Waals surface area contributed by atoms with Gasteiger partial charge >= 0.3 is 0 Å². The second-order valence-corrected chi connectivity index (χ2v) is 2.95. The first kappa shape index (κ1) is 9.99. The predicted molar refractivity (Wildman–Crippen MR) is 50.8 cm³/mol. The first-order chi connectivity index (χ1) is 6.22. The first-order valence-corrected chi connectivity index (χ1v) is 4.35. The maximum Gasteiger partial charge on any atom is 0.125 e. The van der Waals surface area contributed by atoms with Gasteiger partial charge in [-0.2, -0.15) is 0 Å². The van der Waals surface area contributed by atoms with E-state index in [4.69, 9.17) is 10.5 Å². The summed E-state index contributed by atoms with van der Waals surface area (Å²) < 4.78 is 18.1. The van der Waals surface area contributed by atoms with Crippen molar-refractivity contribution < 1.29 is 9.13 Å². The standard InChI is InChI=1S/C10H14FNO/c1-2-3-13-7-8-4-9(11)6-10(12)5-8/h4-6H,2-3,7,12H2,1H3. The van der Waals surface area contributed by atoms with Crippen LogP contribution < -0.4 is 5.73 Å². The third kappa shape index (κ3) is 3.42. The van der Waals surface area contributed by atoms with Crippen molar-refractivity contribution in [2.24, 2.45) is 0 Å². The van der Waals surface area contributed by atoms with E-state index in [2.05, 4.69) is 0 Å². The molecule has 0 amide bonds. The van der Waals surface area contributed by atoms with Gasteiger partial charge in [-0.05, 0) is 30.2 Å². The summed E-state index contributed by atoms with van der Waals surface area (Å²) in [5, 5.41) is 0. The van der Waals surface area contributed by atoms with Crippen molar-refractivity contribution >= 4 is 5.69 Å². The van der Waals surface area contributed by atoms with Crippen molar-refractivity contribution in [3.63, 3.8) is 0 Å². The molecule has 0 aliphatic heterocycles. The Balaban J connectivity index is 2.56. The van der Waals surface area contributed by atoms with E-state index >= 15 is 0 Å². The molecule has 0 spiro atoms. The van der Waals surface area contributed by atoms with Crippen molar-refractivity contribution in [3.05, 3.63) is 29.6 Å². The van der Waals surface area contributed by atoms with Gasteiger partial charge < -0.3 is 10.5 Å². The number of hydrogen-bond donors (Lipinski definition) is 1. The molecule has 1 rings (SSSR count). The summed E-state index contributed by atoms with van der Waals surface area (Å²) in [7, 11) is 0. The summed E-state index contributed by atoms with van der Waals surface area (Å²) in [6.07, 6.45) is 0.963. The van der Waals surface area contributed by atoms with E-state index in [0.29, 0.717) is 18.9 Å². The number of nitrogens with two attached hydrogens (primary N) is 1. The van der Waals surface area contributed by atoms with Gasteiger partial charge in [-0.15, -0.1) is 0 Å². The van der Waals surface area contributed by atoms with Crippen molar-refractivity contribution in [1.29, 1.82) is 0 Å². The molecule has 0 saturated heterocycles. The van der Waals surface area contributed by atoms with Crippen LogP contribution in [-0.2, 0) is 11.3 Å².